The molecule has 2 amide bonds. The molecule has 3 rings (SSSR count). The van der Waals surface area contributed by atoms with E-state index in [4.69, 9.17) is 51.1 Å². The van der Waals surface area contributed by atoms with Gasteiger partial charge in [0.2, 0.25) is 5.91 Å². The second-order valence-corrected chi connectivity index (χ2v) is 11.2. The van der Waals surface area contributed by atoms with Gasteiger partial charge in [-0.2, -0.15) is 0 Å². The third-order valence-electron chi connectivity index (χ3n) is 5.40. The van der Waals surface area contributed by atoms with E-state index in [0.29, 0.717) is 26.4 Å². The highest BCUT2D eigenvalue weighted by Crippen LogP contribution is 2.29. The maximum absolute atomic E-state index is 13.7. The van der Waals surface area contributed by atoms with Crippen LogP contribution in [-0.4, -0.2) is 34.9 Å². The quantitative estimate of drug-likeness (QED) is 0.290. The van der Waals surface area contributed by atoms with Crippen LogP contribution in [-0.2, 0) is 22.6 Å². The molecule has 0 saturated heterocycles. The highest BCUT2D eigenvalue weighted by molar-refractivity contribution is 6.36. The lowest BCUT2D eigenvalue weighted by Gasteiger charge is -2.34. The zero-order chi connectivity index (χ0) is 27.2. The van der Waals surface area contributed by atoms with Crippen LogP contribution in [0.15, 0.2) is 66.7 Å². The van der Waals surface area contributed by atoms with E-state index in [1.54, 1.807) is 30.3 Å². The Kier molecular flexibility index (Phi) is 10.1. The Balaban J connectivity index is 1.99. The number of amides is 2. The van der Waals surface area contributed by atoms with E-state index < -0.39 is 17.5 Å². The molecule has 0 spiro atoms. The van der Waals surface area contributed by atoms with Crippen molar-refractivity contribution in [2.24, 2.45) is 0 Å². The average molecular weight is 582 g/mol. The van der Waals surface area contributed by atoms with Crippen LogP contribution in [0.3, 0.4) is 0 Å². The van der Waals surface area contributed by atoms with Crippen LogP contribution in [0.1, 0.15) is 31.9 Å². The summed E-state index contributed by atoms with van der Waals surface area (Å²) in [6, 6.07) is 18.4. The zero-order valence-corrected chi connectivity index (χ0v) is 23.8. The van der Waals surface area contributed by atoms with E-state index in [9.17, 15) is 9.59 Å². The number of hydrogen-bond acceptors (Lipinski definition) is 3. The number of carbonyl (C=O) groups is 2. The molecule has 0 bridgehead atoms. The van der Waals surface area contributed by atoms with Crippen molar-refractivity contribution in [3.8, 4) is 5.75 Å². The average Bonchev–Trinajstić information content (AvgIpc) is 2.81. The van der Waals surface area contributed by atoms with Gasteiger partial charge in [-0.05, 0) is 56.7 Å². The highest BCUT2D eigenvalue weighted by Gasteiger charge is 2.33. The molecule has 0 saturated carbocycles. The Morgan fingerprint density at radius 1 is 0.892 bits per heavy atom. The smallest absolute Gasteiger partial charge is 0.261 e. The summed E-state index contributed by atoms with van der Waals surface area (Å²) >= 11 is 25.1. The minimum Gasteiger partial charge on any atom is -0.482 e. The molecule has 0 aromatic heterocycles. The molecule has 0 aliphatic rings. The number of halogens is 4. The van der Waals surface area contributed by atoms with E-state index in [1.165, 1.54) is 11.0 Å². The monoisotopic (exact) mass is 580 g/mol. The molecule has 0 heterocycles. The molecule has 3 aromatic carbocycles. The van der Waals surface area contributed by atoms with Crippen LogP contribution in [0.25, 0.3) is 0 Å². The van der Waals surface area contributed by atoms with Crippen molar-refractivity contribution in [3.63, 3.8) is 0 Å². The van der Waals surface area contributed by atoms with Crippen LogP contribution in [0.2, 0.25) is 20.1 Å². The van der Waals surface area contributed by atoms with E-state index in [0.717, 1.165) is 5.56 Å². The van der Waals surface area contributed by atoms with Crippen LogP contribution >= 0.6 is 46.4 Å². The van der Waals surface area contributed by atoms with Gasteiger partial charge in [-0.3, -0.25) is 9.59 Å². The summed E-state index contributed by atoms with van der Waals surface area (Å²) in [5.74, 6) is -0.446. The Morgan fingerprint density at radius 2 is 1.54 bits per heavy atom. The summed E-state index contributed by atoms with van der Waals surface area (Å²) in [4.78, 5) is 28.7. The molecule has 1 N–H and O–H groups in total. The number of hydrogen-bond donors (Lipinski definition) is 1. The van der Waals surface area contributed by atoms with Crippen molar-refractivity contribution in [1.82, 2.24) is 10.2 Å². The lowest BCUT2D eigenvalue weighted by Crippen LogP contribution is -2.55. The molecule has 3 aromatic rings. The van der Waals surface area contributed by atoms with Crippen molar-refractivity contribution < 1.29 is 14.3 Å². The molecule has 0 aliphatic carbocycles. The largest absolute Gasteiger partial charge is 0.482 e. The van der Waals surface area contributed by atoms with Gasteiger partial charge in [0.1, 0.15) is 11.8 Å². The van der Waals surface area contributed by atoms with Gasteiger partial charge in [0.15, 0.2) is 6.61 Å². The predicted octanol–water partition coefficient (Wildman–Crippen LogP) is 7.23. The number of nitrogens with one attached hydrogen (secondary N) is 1. The maximum Gasteiger partial charge on any atom is 0.261 e. The first-order valence-electron chi connectivity index (χ1n) is 11.6. The lowest BCUT2D eigenvalue weighted by atomic mass is 10.0. The number of rotatable bonds is 9. The predicted molar refractivity (Wildman–Crippen MR) is 151 cm³/mol. The SMILES string of the molecule is CC(C)(C)NC(=O)[C@@H](Cc1ccccc1)N(Cc1c(Cl)cccc1Cl)C(=O)COc1ccc(Cl)cc1Cl. The molecular weight excluding hydrogens is 554 g/mol. The standard InChI is InChI=1S/C28H28Cl4N2O3/c1-28(2,3)33-27(36)24(14-18-8-5-4-6-9-18)34(16-20-21(30)10-7-11-22(20)31)26(35)17-37-25-13-12-19(29)15-23(25)32/h4-13,15,24H,14,16-17H2,1-3H3,(H,33,36)/t24-/m1/s1. The van der Waals surface area contributed by atoms with Crippen molar-refractivity contribution in [2.75, 3.05) is 6.61 Å². The minimum absolute atomic E-state index is 0.00408. The molecule has 0 fully saturated rings. The van der Waals surface area contributed by atoms with Gasteiger partial charge in [0.05, 0.1) is 5.02 Å². The molecule has 37 heavy (non-hydrogen) atoms. The molecule has 5 nitrogen and oxygen atoms in total. The topological polar surface area (TPSA) is 58.6 Å². The third-order valence-corrected chi connectivity index (χ3v) is 6.64. The summed E-state index contributed by atoms with van der Waals surface area (Å²) in [6.07, 6.45) is 0.276. The van der Waals surface area contributed by atoms with Crippen molar-refractivity contribution in [1.29, 1.82) is 0 Å². The van der Waals surface area contributed by atoms with Gasteiger partial charge in [0.25, 0.3) is 5.91 Å². The second kappa shape index (κ2) is 12.9. The number of ether oxygens (including phenoxy) is 1. The minimum atomic E-state index is -0.870. The Hall–Kier alpha value is -2.44. The van der Waals surface area contributed by atoms with Gasteiger partial charge < -0.3 is 15.0 Å². The number of nitrogens with zero attached hydrogens (tertiary/aromatic N) is 1. The first-order valence-corrected chi connectivity index (χ1v) is 13.1. The van der Waals surface area contributed by atoms with Crippen molar-refractivity contribution in [3.05, 3.63) is 97.9 Å². The zero-order valence-electron chi connectivity index (χ0n) is 20.7. The van der Waals surface area contributed by atoms with E-state index in [-0.39, 0.29) is 30.5 Å². The van der Waals surface area contributed by atoms with Crippen molar-refractivity contribution >= 4 is 58.2 Å². The number of carbonyl (C=O) groups excluding carboxylic acids is 2. The molecule has 1 atom stereocenters. The summed E-state index contributed by atoms with van der Waals surface area (Å²) in [5.41, 5.74) is 0.905. The van der Waals surface area contributed by atoms with Crippen LogP contribution in [0.5, 0.6) is 5.75 Å². The number of benzene rings is 3. The summed E-state index contributed by atoms with van der Waals surface area (Å²) in [6.45, 7) is 5.29. The van der Waals surface area contributed by atoms with Crippen LogP contribution < -0.4 is 10.1 Å². The first kappa shape index (κ1) is 29.1. The third kappa shape index (κ3) is 8.54. The molecule has 0 radical (unpaired) electrons. The highest BCUT2D eigenvalue weighted by atomic mass is 35.5. The molecule has 9 heteroatoms. The Morgan fingerprint density at radius 3 is 2.14 bits per heavy atom. The first-order chi connectivity index (χ1) is 17.4. The normalized spacial score (nSPS) is 12.1. The van der Waals surface area contributed by atoms with E-state index >= 15 is 0 Å². The van der Waals surface area contributed by atoms with E-state index in [2.05, 4.69) is 5.32 Å². The fourth-order valence-corrected chi connectivity index (χ4v) is 4.66. The van der Waals surface area contributed by atoms with Crippen LogP contribution in [0.4, 0.5) is 0 Å². The summed E-state index contributed by atoms with van der Waals surface area (Å²) in [5, 5.41) is 4.50. The van der Waals surface area contributed by atoms with Gasteiger partial charge in [0, 0.05) is 39.1 Å². The second-order valence-electron chi connectivity index (χ2n) is 9.53. The molecule has 0 aliphatic heterocycles. The molecule has 0 unspecified atom stereocenters. The van der Waals surface area contributed by atoms with Gasteiger partial charge >= 0.3 is 0 Å². The summed E-state index contributed by atoms with van der Waals surface area (Å²) < 4.78 is 5.73. The molecular formula is C28H28Cl4N2O3. The van der Waals surface area contributed by atoms with Crippen LogP contribution in [0, 0.1) is 0 Å². The summed E-state index contributed by atoms with van der Waals surface area (Å²) in [7, 11) is 0. The van der Waals surface area contributed by atoms with Gasteiger partial charge in [-0.25, -0.2) is 0 Å². The van der Waals surface area contributed by atoms with E-state index in [1.807, 2.05) is 51.1 Å². The van der Waals surface area contributed by atoms with Gasteiger partial charge in [-0.15, -0.1) is 0 Å². The fraction of sp³-hybridized carbons (Fsp3) is 0.286. The fourth-order valence-electron chi connectivity index (χ4n) is 3.68. The molecule has 196 valence electrons. The maximum atomic E-state index is 13.7. The Bertz CT molecular complexity index is 1230. The lowest BCUT2D eigenvalue weighted by molar-refractivity contribution is -0.143. The Labute approximate surface area is 237 Å². The van der Waals surface area contributed by atoms with Gasteiger partial charge in [-0.1, -0.05) is 82.8 Å². The van der Waals surface area contributed by atoms with Crippen molar-refractivity contribution in [2.45, 2.75) is 45.3 Å².